The van der Waals surface area contributed by atoms with Gasteiger partial charge in [-0.1, -0.05) is 29.8 Å². The lowest BCUT2D eigenvalue weighted by Gasteiger charge is -2.10. The summed E-state index contributed by atoms with van der Waals surface area (Å²) in [7, 11) is 0. The van der Waals surface area contributed by atoms with Crippen molar-refractivity contribution in [2.24, 2.45) is 0 Å². The third kappa shape index (κ3) is 3.75. The highest BCUT2D eigenvalue weighted by Crippen LogP contribution is 2.22. The third-order valence-electron chi connectivity index (χ3n) is 3.81. The van der Waals surface area contributed by atoms with Crippen molar-refractivity contribution in [1.29, 1.82) is 0 Å². The summed E-state index contributed by atoms with van der Waals surface area (Å²) in [5, 5.41) is 6.02. The lowest BCUT2D eigenvalue weighted by Crippen LogP contribution is -2.33. The minimum Gasteiger partial charge on any atom is -0.451 e. The standard InChI is InChI=1S/C19H15ClN2O4/c1-11-13(20)6-4-7-14(11)22-18(24)10-21-19(25)17-9-15(23)12-5-2-3-8-16(12)26-17/h2-9H,10H2,1H3,(H,21,25)(H,22,24). The second-order valence-electron chi connectivity index (χ2n) is 5.61. The molecule has 2 N–H and O–H groups in total. The van der Waals surface area contributed by atoms with E-state index in [4.69, 9.17) is 16.0 Å². The van der Waals surface area contributed by atoms with E-state index in [1.165, 1.54) is 0 Å². The van der Waals surface area contributed by atoms with E-state index in [1.54, 1.807) is 49.4 Å². The van der Waals surface area contributed by atoms with Gasteiger partial charge in [-0.25, -0.2) is 0 Å². The van der Waals surface area contributed by atoms with Gasteiger partial charge in [0.1, 0.15) is 5.58 Å². The lowest BCUT2D eigenvalue weighted by molar-refractivity contribution is -0.115. The molecule has 0 fully saturated rings. The Morgan fingerprint density at radius 1 is 1.12 bits per heavy atom. The van der Waals surface area contributed by atoms with Crippen molar-refractivity contribution in [3.8, 4) is 0 Å². The van der Waals surface area contributed by atoms with Gasteiger partial charge in [0.15, 0.2) is 11.2 Å². The van der Waals surface area contributed by atoms with Crippen LogP contribution in [0.3, 0.4) is 0 Å². The molecule has 0 saturated carbocycles. The van der Waals surface area contributed by atoms with Crippen molar-refractivity contribution < 1.29 is 14.0 Å². The molecule has 26 heavy (non-hydrogen) atoms. The number of anilines is 1. The molecule has 0 spiro atoms. The number of carbonyl (C=O) groups is 2. The van der Waals surface area contributed by atoms with Crippen LogP contribution in [-0.4, -0.2) is 18.4 Å². The first-order chi connectivity index (χ1) is 12.5. The molecule has 0 aliphatic rings. The molecule has 3 rings (SSSR count). The lowest BCUT2D eigenvalue weighted by atomic mass is 10.2. The van der Waals surface area contributed by atoms with Crippen LogP contribution in [0.15, 0.2) is 57.7 Å². The number of halogens is 1. The number of hydrogen-bond donors (Lipinski definition) is 2. The van der Waals surface area contributed by atoms with E-state index >= 15 is 0 Å². The van der Waals surface area contributed by atoms with Crippen LogP contribution in [0.25, 0.3) is 11.0 Å². The van der Waals surface area contributed by atoms with Crippen molar-refractivity contribution in [1.82, 2.24) is 5.32 Å². The Kier molecular flexibility index (Phi) is 5.04. The largest absolute Gasteiger partial charge is 0.451 e. The minimum atomic E-state index is -0.647. The number of amides is 2. The minimum absolute atomic E-state index is 0.152. The van der Waals surface area contributed by atoms with Crippen LogP contribution in [0, 0.1) is 6.92 Å². The predicted molar refractivity (Wildman–Crippen MR) is 99.6 cm³/mol. The van der Waals surface area contributed by atoms with E-state index in [-0.39, 0.29) is 17.7 Å². The average molecular weight is 371 g/mol. The molecule has 0 atom stereocenters. The maximum atomic E-state index is 12.2. The van der Waals surface area contributed by atoms with Gasteiger partial charge in [-0.2, -0.15) is 0 Å². The van der Waals surface area contributed by atoms with Crippen LogP contribution >= 0.6 is 11.6 Å². The average Bonchev–Trinajstić information content (AvgIpc) is 2.63. The van der Waals surface area contributed by atoms with Crippen molar-refractivity contribution in [2.75, 3.05) is 11.9 Å². The summed E-state index contributed by atoms with van der Waals surface area (Å²) >= 11 is 6.00. The van der Waals surface area contributed by atoms with Gasteiger partial charge in [0.05, 0.1) is 11.9 Å². The smallest absolute Gasteiger partial charge is 0.287 e. The Labute approximate surface area is 153 Å². The van der Waals surface area contributed by atoms with Gasteiger partial charge in [-0.3, -0.25) is 14.4 Å². The molecular weight excluding hydrogens is 356 g/mol. The number of para-hydroxylation sites is 1. The molecule has 1 heterocycles. The maximum absolute atomic E-state index is 12.2. The zero-order chi connectivity index (χ0) is 18.7. The van der Waals surface area contributed by atoms with Gasteiger partial charge in [0.2, 0.25) is 5.91 Å². The van der Waals surface area contributed by atoms with Gasteiger partial charge in [-0.05, 0) is 36.8 Å². The first-order valence-corrected chi connectivity index (χ1v) is 8.19. The summed E-state index contributed by atoms with van der Waals surface area (Å²) in [5.41, 5.74) is 1.28. The summed E-state index contributed by atoms with van der Waals surface area (Å²) in [6, 6.07) is 12.9. The molecule has 0 radical (unpaired) electrons. The maximum Gasteiger partial charge on any atom is 0.287 e. The fourth-order valence-corrected chi connectivity index (χ4v) is 2.58. The van der Waals surface area contributed by atoms with E-state index in [0.29, 0.717) is 21.7 Å². The normalized spacial score (nSPS) is 10.5. The third-order valence-corrected chi connectivity index (χ3v) is 4.22. The fourth-order valence-electron chi connectivity index (χ4n) is 2.40. The Morgan fingerprint density at radius 3 is 2.69 bits per heavy atom. The number of hydrogen-bond acceptors (Lipinski definition) is 4. The van der Waals surface area contributed by atoms with Gasteiger partial charge < -0.3 is 15.1 Å². The quantitative estimate of drug-likeness (QED) is 0.738. The van der Waals surface area contributed by atoms with Gasteiger partial charge >= 0.3 is 0 Å². The molecule has 0 aliphatic heterocycles. The van der Waals surface area contributed by atoms with Gasteiger partial charge in [0, 0.05) is 16.8 Å². The van der Waals surface area contributed by atoms with Crippen LogP contribution in [0.1, 0.15) is 16.1 Å². The molecule has 0 bridgehead atoms. The Morgan fingerprint density at radius 2 is 1.88 bits per heavy atom. The van der Waals surface area contributed by atoms with E-state index < -0.39 is 11.8 Å². The van der Waals surface area contributed by atoms with E-state index in [9.17, 15) is 14.4 Å². The first kappa shape index (κ1) is 17.7. The van der Waals surface area contributed by atoms with Gasteiger partial charge in [-0.15, -0.1) is 0 Å². The Balaban J connectivity index is 1.68. The Bertz CT molecular complexity index is 1060. The summed E-state index contributed by atoms with van der Waals surface area (Å²) in [6.07, 6.45) is 0. The Hall–Kier alpha value is -3.12. The SMILES string of the molecule is Cc1c(Cl)cccc1NC(=O)CNC(=O)c1cc(=O)c2ccccc2o1. The van der Waals surface area contributed by atoms with Crippen LogP contribution < -0.4 is 16.1 Å². The molecule has 0 unspecified atom stereocenters. The number of benzene rings is 2. The zero-order valence-corrected chi connectivity index (χ0v) is 14.6. The summed E-state index contributed by atoms with van der Waals surface area (Å²) < 4.78 is 5.43. The fraction of sp³-hybridized carbons (Fsp3) is 0.105. The molecule has 2 amide bonds. The van der Waals surface area contributed by atoms with Gasteiger partial charge in [0.25, 0.3) is 5.91 Å². The van der Waals surface area contributed by atoms with Crippen LogP contribution in [-0.2, 0) is 4.79 Å². The first-order valence-electron chi connectivity index (χ1n) is 7.82. The van der Waals surface area contributed by atoms with Crippen molar-refractivity contribution >= 4 is 40.1 Å². The van der Waals surface area contributed by atoms with Crippen molar-refractivity contribution in [2.45, 2.75) is 6.92 Å². The van der Waals surface area contributed by atoms with Crippen LogP contribution in [0.4, 0.5) is 5.69 Å². The van der Waals surface area contributed by atoms with E-state index in [1.807, 2.05) is 0 Å². The van der Waals surface area contributed by atoms with E-state index in [0.717, 1.165) is 11.6 Å². The molecule has 0 saturated heterocycles. The molecule has 7 heteroatoms. The molecule has 6 nitrogen and oxygen atoms in total. The molecule has 0 aliphatic carbocycles. The number of rotatable bonds is 4. The molecule has 2 aromatic carbocycles. The van der Waals surface area contributed by atoms with Crippen LogP contribution in [0.5, 0.6) is 0 Å². The number of nitrogens with one attached hydrogen (secondary N) is 2. The topological polar surface area (TPSA) is 88.4 Å². The highest BCUT2D eigenvalue weighted by molar-refractivity contribution is 6.31. The highest BCUT2D eigenvalue weighted by atomic mass is 35.5. The highest BCUT2D eigenvalue weighted by Gasteiger charge is 2.14. The predicted octanol–water partition coefficient (Wildman–Crippen LogP) is 3.12. The monoisotopic (exact) mass is 370 g/mol. The second kappa shape index (κ2) is 7.41. The van der Waals surface area contributed by atoms with Crippen molar-refractivity contribution in [3.63, 3.8) is 0 Å². The summed E-state index contributed by atoms with van der Waals surface area (Å²) in [4.78, 5) is 36.2. The molecular formula is C19H15ClN2O4. The van der Waals surface area contributed by atoms with Crippen molar-refractivity contribution in [3.05, 3.63) is 75.1 Å². The number of fused-ring (bicyclic) bond motifs is 1. The molecule has 1 aromatic heterocycles. The second-order valence-corrected chi connectivity index (χ2v) is 6.02. The molecule has 132 valence electrons. The van der Waals surface area contributed by atoms with E-state index in [2.05, 4.69) is 10.6 Å². The number of carbonyl (C=O) groups excluding carboxylic acids is 2. The zero-order valence-electron chi connectivity index (χ0n) is 13.8. The summed E-state index contributed by atoms with van der Waals surface area (Å²) in [6.45, 7) is 1.50. The molecule has 3 aromatic rings. The summed E-state index contributed by atoms with van der Waals surface area (Å²) in [5.74, 6) is -1.22. The van der Waals surface area contributed by atoms with Crippen LogP contribution in [0.2, 0.25) is 5.02 Å².